The Bertz CT molecular complexity index is 63.5. The minimum atomic E-state index is -1.37. The highest BCUT2D eigenvalue weighted by Gasteiger charge is 2.33. The van der Waals surface area contributed by atoms with Gasteiger partial charge in [-0.05, 0) is 6.92 Å². The summed E-state index contributed by atoms with van der Waals surface area (Å²) < 4.78 is 12.8. The molecule has 0 saturated heterocycles. The summed E-state index contributed by atoms with van der Waals surface area (Å²) >= 11 is 3.77. The van der Waals surface area contributed by atoms with Crippen LogP contribution >= 0.6 is 12.6 Å². The maximum absolute atomic E-state index is 12.8. The second kappa shape index (κ2) is 1.90. The number of hydrogen-bond donors (Lipinski definition) is 1. The van der Waals surface area contributed by atoms with Gasteiger partial charge in [0.1, 0.15) is 0 Å². The zero-order valence-corrected chi connectivity index (χ0v) is 6.72. The highest BCUT2D eigenvalue weighted by atomic mass is 32.1. The van der Waals surface area contributed by atoms with E-state index in [-0.39, 0.29) is 5.41 Å². The Morgan fingerprint density at radius 3 is 1.25 bits per heavy atom. The number of halogens is 1. The second-order valence-corrected chi connectivity index (χ2v) is 4.04. The van der Waals surface area contributed by atoms with Crippen LogP contribution in [0.25, 0.3) is 0 Å². The van der Waals surface area contributed by atoms with Crippen molar-refractivity contribution in [3.63, 3.8) is 0 Å². The molecule has 0 aromatic heterocycles. The van der Waals surface area contributed by atoms with Gasteiger partial charge in [0.25, 0.3) is 0 Å². The van der Waals surface area contributed by atoms with Crippen molar-refractivity contribution in [3.05, 3.63) is 0 Å². The molecule has 1 atom stereocenters. The van der Waals surface area contributed by atoms with Gasteiger partial charge in [-0.15, -0.1) is 12.6 Å². The van der Waals surface area contributed by atoms with Crippen LogP contribution in [0.15, 0.2) is 0 Å². The molecular formula is C6H13FS. The fraction of sp³-hybridized carbons (Fsp3) is 1.00. The molecular weight excluding hydrogens is 123 g/mol. The largest absolute Gasteiger partial charge is 0.232 e. The zero-order valence-electron chi connectivity index (χ0n) is 5.83. The van der Waals surface area contributed by atoms with Gasteiger partial charge < -0.3 is 0 Å². The van der Waals surface area contributed by atoms with Crippen molar-refractivity contribution in [3.8, 4) is 0 Å². The van der Waals surface area contributed by atoms with Crippen molar-refractivity contribution >= 4 is 12.6 Å². The molecule has 0 aliphatic carbocycles. The van der Waals surface area contributed by atoms with Gasteiger partial charge in [0.2, 0.25) is 0 Å². The van der Waals surface area contributed by atoms with Gasteiger partial charge >= 0.3 is 0 Å². The SMILES string of the molecule is CC(C)(C)C(C)(F)S. The van der Waals surface area contributed by atoms with E-state index in [4.69, 9.17) is 0 Å². The number of hydrogen-bond acceptors (Lipinski definition) is 1. The molecule has 0 fully saturated rings. The first-order valence-electron chi connectivity index (χ1n) is 2.66. The summed E-state index contributed by atoms with van der Waals surface area (Å²) in [5.41, 5.74) is -0.365. The Labute approximate surface area is 55.9 Å². The van der Waals surface area contributed by atoms with Crippen LogP contribution in [0, 0.1) is 5.41 Å². The van der Waals surface area contributed by atoms with Gasteiger partial charge in [0.15, 0.2) is 5.00 Å². The van der Waals surface area contributed by atoms with Gasteiger partial charge in [-0.2, -0.15) is 0 Å². The maximum atomic E-state index is 12.8. The van der Waals surface area contributed by atoms with Gasteiger partial charge in [-0.1, -0.05) is 20.8 Å². The van der Waals surface area contributed by atoms with E-state index < -0.39 is 5.00 Å². The predicted octanol–water partition coefficient (Wildman–Crippen LogP) is 2.65. The Balaban J connectivity index is 4.02. The first kappa shape index (κ1) is 8.28. The van der Waals surface area contributed by atoms with E-state index >= 15 is 0 Å². The lowest BCUT2D eigenvalue weighted by Gasteiger charge is -2.29. The minimum Gasteiger partial charge on any atom is -0.232 e. The molecule has 50 valence electrons. The quantitative estimate of drug-likeness (QED) is 0.486. The average molecular weight is 136 g/mol. The van der Waals surface area contributed by atoms with Gasteiger partial charge in [0, 0.05) is 5.41 Å². The van der Waals surface area contributed by atoms with E-state index in [0.29, 0.717) is 0 Å². The molecule has 8 heavy (non-hydrogen) atoms. The van der Waals surface area contributed by atoms with Crippen LogP contribution in [0.2, 0.25) is 0 Å². The molecule has 0 aromatic rings. The fourth-order valence-corrected chi connectivity index (χ4v) is 0. The number of rotatable bonds is 0. The molecule has 2 heteroatoms. The highest BCUT2D eigenvalue weighted by molar-refractivity contribution is 7.81. The van der Waals surface area contributed by atoms with Crippen LogP contribution in [0.5, 0.6) is 0 Å². The van der Waals surface area contributed by atoms with E-state index in [0.717, 1.165) is 0 Å². The van der Waals surface area contributed by atoms with E-state index in [1.165, 1.54) is 6.92 Å². The van der Waals surface area contributed by atoms with E-state index in [9.17, 15) is 4.39 Å². The topological polar surface area (TPSA) is 0 Å². The van der Waals surface area contributed by atoms with Crippen LogP contribution in [0.3, 0.4) is 0 Å². The van der Waals surface area contributed by atoms with E-state index in [1.54, 1.807) is 0 Å². The number of thiol groups is 1. The smallest absolute Gasteiger partial charge is 0.155 e. The standard InChI is InChI=1S/C6H13FS/c1-5(2,3)6(4,7)8/h8H,1-4H3. The Hall–Kier alpha value is 0.280. The van der Waals surface area contributed by atoms with Crippen LogP contribution in [0.1, 0.15) is 27.7 Å². The normalized spacial score (nSPS) is 20.2. The third-order valence-corrected chi connectivity index (χ3v) is 2.04. The Morgan fingerprint density at radius 1 is 1.12 bits per heavy atom. The number of alkyl halides is 1. The summed E-state index contributed by atoms with van der Waals surface area (Å²) in [5, 5.41) is -1.37. The van der Waals surface area contributed by atoms with Crippen LogP contribution in [-0.4, -0.2) is 5.00 Å². The molecule has 0 nitrogen and oxygen atoms in total. The summed E-state index contributed by atoms with van der Waals surface area (Å²) in [5.74, 6) is 0. The van der Waals surface area contributed by atoms with E-state index in [1.807, 2.05) is 20.8 Å². The fourth-order valence-electron chi connectivity index (χ4n) is 0. The summed E-state index contributed by atoms with van der Waals surface area (Å²) in [7, 11) is 0. The van der Waals surface area contributed by atoms with Crippen molar-refractivity contribution in [2.75, 3.05) is 0 Å². The molecule has 0 bridgehead atoms. The molecule has 0 amide bonds. The van der Waals surface area contributed by atoms with Crippen molar-refractivity contribution < 1.29 is 4.39 Å². The van der Waals surface area contributed by atoms with Gasteiger partial charge in [0.05, 0.1) is 0 Å². The first-order chi connectivity index (χ1) is 3.25. The molecule has 0 rings (SSSR count). The molecule has 0 N–H and O–H groups in total. The average Bonchev–Trinajstić information content (AvgIpc) is 1.25. The molecule has 0 aliphatic heterocycles. The monoisotopic (exact) mass is 136 g/mol. The third kappa shape index (κ3) is 2.03. The molecule has 0 heterocycles. The van der Waals surface area contributed by atoms with Crippen LogP contribution in [-0.2, 0) is 0 Å². The summed E-state index contributed by atoms with van der Waals surface area (Å²) in [6.07, 6.45) is 0. The van der Waals surface area contributed by atoms with Gasteiger partial charge in [-0.25, -0.2) is 4.39 Å². The van der Waals surface area contributed by atoms with E-state index in [2.05, 4.69) is 12.6 Å². The van der Waals surface area contributed by atoms with Crippen molar-refractivity contribution in [2.45, 2.75) is 32.7 Å². The predicted molar refractivity (Wildman–Crippen MR) is 38.0 cm³/mol. The minimum absolute atomic E-state index is 0.365. The molecule has 0 aliphatic rings. The van der Waals surface area contributed by atoms with Crippen LogP contribution in [0.4, 0.5) is 4.39 Å². The lowest BCUT2D eigenvalue weighted by atomic mass is 9.91. The maximum Gasteiger partial charge on any atom is 0.155 e. The third-order valence-electron chi connectivity index (χ3n) is 1.37. The summed E-state index contributed by atoms with van der Waals surface area (Å²) in [6.45, 7) is 6.93. The molecule has 0 radical (unpaired) electrons. The van der Waals surface area contributed by atoms with Crippen molar-refractivity contribution in [2.24, 2.45) is 5.41 Å². The Kier molecular flexibility index (Phi) is 1.97. The lowest BCUT2D eigenvalue weighted by molar-refractivity contribution is 0.147. The van der Waals surface area contributed by atoms with Crippen molar-refractivity contribution in [1.82, 2.24) is 0 Å². The highest BCUT2D eigenvalue weighted by Crippen LogP contribution is 2.36. The van der Waals surface area contributed by atoms with Gasteiger partial charge in [-0.3, -0.25) is 0 Å². The van der Waals surface area contributed by atoms with Crippen molar-refractivity contribution in [1.29, 1.82) is 0 Å². The molecule has 0 aromatic carbocycles. The first-order valence-corrected chi connectivity index (χ1v) is 3.11. The lowest BCUT2D eigenvalue weighted by Crippen LogP contribution is -2.28. The van der Waals surface area contributed by atoms with Crippen LogP contribution < -0.4 is 0 Å². The Morgan fingerprint density at radius 2 is 1.25 bits per heavy atom. The molecule has 0 saturated carbocycles. The molecule has 1 unspecified atom stereocenters. The molecule has 0 spiro atoms. The second-order valence-electron chi connectivity index (χ2n) is 3.20. The zero-order chi connectivity index (χ0) is 7.00. The summed E-state index contributed by atoms with van der Waals surface area (Å²) in [4.78, 5) is 0. The summed E-state index contributed by atoms with van der Waals surface area (Å²) in [6, 6.07) is 0.